The molecule has 0 amide bonds. The third-order valence-corrected chi connectivity index (χ3v) is 5.57. The fourth-order valence-corrected chi connectivity index (χ4v) is 4.25. The first-order valence-corrected chi connectivity index (χ1v) is 9.40. The normalized spacial score (nSPS) is 26.0. The van der Waals surface area contributed by atoms with Gasteiger partial charge in [0, 0.05) is 43.2 Å². The van der Waals surface area contributed by atoms with Crippen molar-refractivity contribution >= 4 is 29.9 Å². The molecule has 2 aliphatic rings. The van der Waals surface area contributed by atoms with E-state index in [0.29, 0.717) is 30.2 Å². The lowest BCUT2D eigenvalue weighted by molar-refractivity contribution is -0.106. The Morgan fingerprint density at radius 2 is 2.19 bits per heavy atom. The number of rotatable bonds is 6. The Hall–Kier alpha value is -0.930. The molecular formula is C20H31FIN3O2. The first-order chi connectivity index (χ1) is 12.5. The van der Waals surface area contributed by atoms with Crippen LogP contribution >= 0.6 is 24.0 Å². The number of aliphatic imine (C=N–C) groups is 1. The number of nitrogens with zero attached hydrogens (tertiary/aromatic N) is 1. The monoisotopic (exact) mass is 491 g/mol. The number of benzene rings is 1. The molecule has 0 radical (unpaired) electrons. The van der Waals surface area contributed by atoms with Gasteiger partial charge in [-0.15, -0.1) is 24.0 Å². The maximum Gasteiger partial charge on any atom is 0.191 e. The Morgan fingerprint density at radius 3 is 2.89 bits per heavy atom. The van der Waals surface area contributed by atoms with Crippen LogP contribution < -0.4 is 10.6 Å². The highest BCUT2D eigenvalue weighted by Crippen LogP contribution is 2.52. The van der Waals surface area contributed by atoms with Crippen LogP contribution in [0.3, 0.4) is 0 Å². The number of fused-ring (bicyclic) bond motifs is 1. The van der Waals surface area contributed by atoms with Gasteiger partial charge >= 0.3 is 0 Å². The lowest BCUT2D eigenvalue weighted by atomic mass is 9.57. The smallest absolute Gasteiger partial charge is 0.191 e. The first-order valence-electron chi connectivity index (χ1n) is 9.40. The molecule has 1 saturated carbocycles. The third-order valence-electron chi connectivity index (χ3n) is 5.57. The van der Waals surface area contributed by atoms with E-state index in [-0.39, 0.29) is 41.8 Å². The van der Waals surface area contributed by atoms with Crippen LogP contribution in [-0.2, 0) is 22.6 Å². The Bertz CT molecular complexity index is 669. The van der Waals surface area contributed by atoms with Crippen LogP contribution in [0.15, 0.2) is 23.2 Å². The van der Waals surface area contributed by atoms with Gasteiger partial charge in [0.15, 0.2) is 5.96 Å². The second-order valence-electron chi connectivity index (χ2n) is 7.74. The average Bonchev–Trinajstić information content (AvgIpc) is 3.07. The minimum absolute atomic E-state index is 0. The molecule has 2 N–H and O–H groups in total. The van der Waals surface area contributed by atoms with Gasteiger partial charge in [0.25, 0.3) is 0 Å². The van der Waals surface area contributed by atoms with Gasteiger partial charge < -0.3 is 20.1 Å². The van der Waals surface area contributed by atoms with Crippen LogP contribution in [0.5, 0.6) is 0 Å². The molecule has 2 fully saturated rings. The second kappa shape index (κ2) is 9.52. The van der Waals surface area contributed by atoms with Crippen molar-refractivity contribution in [1.29, 1.82) is 0 Å². The zero-order chi connectivity index (χ0) is 18.7. The Morgan fingerprint density at radius 1 is 1.41 bits per heavy atom. The molecule has 0 bridgehead atoms. The molecule has 1 aromatic rings. The van der Waals surface area contributed by atoms with E-state index in [4.69, 9.17) is 14.5 Å². The zero-order valence-corrected chi connectivity index (χ0v) is 18.9. The average molecular weight is 491 g/mol. The maximum atomic E-state index is 13.8. The van der Waals surface area contributed by atoms with E-state index in [2.05, 4.69) is 31.4 Å². The second-order valence-corrected chi connectivity index (χ2v) is 7.74. The van der Waals surface area contributed by atoms with Gasteiger partial charge in [-0.3, -0.25) is 0 Å². The predicted octanol–water partition coefficient (Wildman–Crippen LogP) is 3.46. The van der Waals surface area contributed by atoms with Crippen LogP contribution in [0.4, 0.5) is 4.39 Å². The molecule has 1 heterocycles. The van der Waals surface area contributed by atoms with E-state index in [1.54, 1.807) is 13.2 Å². The minimum atomic E-state index is -0.242. The molecule has 3 atom stereocenters. The van der Waals surface area contributed by atoms with Crippen molar-refractivity contribution in [2.75, 3.05) is 20.3 Å². The van der Waals surface area contributed by atoms with Crippen molar-refractivity contribution in [3.8, 4) is 0 Å². The number of hydrogen-bond donors (Lipinski definition) is 2. The summed E-state index contributed by atoms with van der Waals surface area (Å²) in [6.07, 6.45) is 1.44. The Kier molecular flexibility index (Phi) is 7.88. The molecule has 27 heavy (non-hydrogen) atoms. The highest BCUT2D eigenvalue weighted by Gasteiger charge is 2.59. The molecule has 5 nitrogen and oxygen atoms in total. The fraction of sp³-hybridized carbons (Fsp3) is 0.650. The molecule has 0 aromatic heterocycles. The predicted molar refractivity (Wildman–Crippen MR) is 116 cm³/mol. The summed E-state index contributed by atoms with van der Waals surface area (Å²) in [6, 6.07) is 5.43. The van der Waals surface area contributed by atoms with E-state index >= 15 is 0 Å². The quantitative estimate of drug-likeness (QED) is 0.364. The molecule has 1 saturated heterocycles. The Labute approximate surface area is 178 Å². The molecular weight excluding hydrogens is 460 g/mol. The molecule has 7 heteroatoms. The number of halogens is 2. The number of guanidine groups is 1. The van der Waals surface area contributed by atoms with E-state index in [0.717, 1.165) is 31.1 Å². The standard InChI is InChI=1S/C20H30FN3O2.HI/c1-5-22-19(24-17-15-8-9-26-18(15)20(17,2)3)23-11-13-6-7-16(21)14(10-13)12-25-4;/h6-7,10,15,17-18H,5,8-9,11-12H2,1-4H3,(H2,22,23,24);1H. The summed E-state index contributed by atoms with van der Waals surface area (Å²) in [6.45, 7) is 8.95. The lowest BCUT2D eigenvalue weighted by Crippen LogP contribution is -2.67. The summed E-state index contributed by atoms with van der Waals surface area (Å²) in [5, 5.41) is 6.92. The lowest BCUT2D eigenvalue weighted by Gasteiger charge is -2.54. The van der Waals surface area contributed by atoms with Crippen molar-refractivity contribution < 1.29 is 13.9 Å². The van der Waals surface area contributed by atoms with Gasteiger partial charge in [-0.1, -0.05) is 19.9 Å². The van der Waals surface area contributed by atoms with Gasteiger partial charge in [-0.05, 0) is 31.0 Å². The summed E-state index contributed by atoms with van der Waals surface area (Å²) in [7, 11) is 1.57. The van der Waals surface area contributed by atoms with E-state index in [1.807, 2.05) is 6.07 Å². The van der Waals surface area contributed by atoms with Crippen molar-refractivity contribution in [2.45, 2.75) is 52.5 Å². The van der Waals surface area contributed by atoms with Crippen LogP contribution in [0.1, 0.15) is 38.3 Å². The molecule has 1 aliphatic heterocycles. The number of hydrogen-bond acceptors (Lipinski definition) is 3. The molecule has 3 rings (SSSR count). The Balaban J connectivity index is 0.00000261. The summed E-state index contributed by atoms with van der Waals surface area (Å²) in [5.74, 6) is 1.11. The van der Waals surface area contributed by atoms with Gasteiger partial charge in [-0.25, -0.2) is 9.38 Å². The summed E-state index contributed by atoms with van der Waals surface area (Å²) >= 11 is 0. The summed E-state index contributed by atoms with van der Waals surface area (Å²) in [4.78, 5) is 4.71. The minimum Gasteiger partial charge on any atom is -0.380 e. The van der Waals surface area contributed by atoms with Gasteiger partial charge in [0.1, 0.15) is 5.82 Å². The topological polar surface area (TPSA) is 54.9 Å². The number of ether oxygens (including phenoxy) is 2. The maximum absolute atomic E-state index is 13.8. The molecule has 1 aromatic carbocycles. The number of methoxy groups -OCH3 is 1. The molecule has 152 valence electrons. The van der Waals surface area contributed by atoms with Crippen molar-refractivity contribution in [3.63, 3.8) is 0 Å². The fourth-order valence-electron chi connectivity index (χ4n) is 4.25. The van der Waals surface area contributed by atoms with Crippen LogP contribution in [0.25, 0.3) is 0 Å². The van der Waals surface area contributed by atoms with Crippen LogP contribution in [0.2, 0.25) is 0 Å². The number of nitrogens with one attached hydrogen (secondary N) is 2. The van der Waals surface area contributed by atoms with E-state index in [1.165, 1.54) is 6.07 Å². The van der Waals surface area contributed by atoms with Crippen LogP contribution in [0, 0.1) is 17.2 Å². The summed E-state index contributed by atoms with van der Waals surface area (Å²) < 4.78 is 24.7. The van der Waals surface area contributed by atoms with E-state index < -0.39 is 0 Å². The highest BCUT2D eigenvalue weighted by atomic mass is 127. The highest BCUT2D eigenvalue weighted by molar-refractivity contribution is 14.0. The molecule has 0 spiro atoms. The SMILES string of the molecule is CCNC(=NCc1ccc(F)c(COC)c1)NC1C2CCOC2C1(C)C.I. The van der Waals surface area contributed by atoms with Gasteiger partial charge in [0.05, 0.1) is 19.3 Å². The van der Waals surface area contributed by atoms with Gasteiger partial charge in [-0.2, -0.15) is 0 Å². The summed E-state index contributed by atoms with van der Waals surface area (Å²) in [5.41, 5.74) is 1.62. The third kappa shape index (κ3) is 4.74. The zero-order valence-electron chi connectivity index (χ0n) is 16.5. The molecule has 1 aliphatic carbocycles. The van der Waals surface area contributed by atoms with E-state index in [9.17, 15) is 4.39 Å². The van der Waals surface area contributed by atoms with Crippen LogP contribution in [-0.4, -0.2) is 38.4 Å². The largest absolute Gasteiger partial charge is 0.380 e. The van der Waals surface area contributed by atoms with Crippen molar-refractivity contribution in [3.05, 3.63) is 35.1 Å². The van der Waals surface area contributed by atoms with Gasteiger partial charge in [0.2, 0.25) is 0 Å². The van der Waals surface area contributed by atoms with Crippen molar-refractivity contribution in [2.24, 2.45) is 16.3 Å². The van der Waals surface area contributed by atoms with Crippen molar-refractivity contribution in [1.82, 2.24) is 10.6 Å². The first kappa shape index (κ1) is 22.4. The molecule has 3 unspecified atom stereocenters.